The molecule has 0 aromatic carbocycles. The summed E-state index contributed by atoms with van der Waals surface area (Å²) in [6.07, 6.45) is 22.9. The third kappa shape index (κ3) is 19.0. The van der Waals surface area contributed by atoms with Gasteiger partial charge in [-0.3, -0.25) is 0 Å². The minimum absolute atomic E-state index is 0. The summed E-state index contributed by atoms with van der Waals surface area (Å²) in [4.78, 5) is -2.06. The Hall–Kier alpha value is 1.51. The maximum Gasteiger partial charge on any atom is 1.00 e. The molecule has 0 saturated carbocycles. The maximum absolute atomic E-state index is 11.4. The summed E-state index contributed by atoms with van der Waals surface area (Å²) < 4.78 is 34.1. The monoisotopic (exact) mass is 472 g/mol. The van der Waals surface area contributed by atoms with Gasteiger partial charge in [0.1, 0.15) is 10.1 Å². The second-order valence-corrected chi connectivity index (χ2v) is 10.6. The van der Waals surface area contributed by atoms with Gasteiger partial charge >= 0.3 is 51.4 Å². The quantitative estimate of drug-likeness (QED) is 0.143. The minimum Gasteiger partial charge on any atom is -0.746 e. The molecule has 0 spiro atoms. The summed E-state index contributed by atoms with van der Waals surface area (Å²) >= 11 is 0. The summed E-state index contributed by atoms with van der Waals surface area (Å²) in [5.41, 5.74) is 0. The Balaban J connectivity index is 0. The van der Waals surface area contributed by atoms with Crippen molar-refractivity contribution in [2.24, 2.45) is 0 Å². The molecular weight excluding hydrogens is 423 g/mol. The SMILES string of the molecule is CCCCCCCCCCCCCCCCCCCC(O)(CCCC)S(=O)(=O)[O-].[K+]. The summed E-state index contributed by atoms with van der Waals surface area (Å²) in [7, 11) is -4.65. The summed E-state index contributed by atoms with van der Waals surface area (Å²) in [6.45, 7) is 4.19. The molecule has 0 bridgehead atoms. The van der Waals surface area contributed by atoms with Gasteiger partial charge in [0.05, 0.1) is 0 Å². The van der Waals surface area contributed by atoms with Crippen LogP contribution in [0.2, 0.25) is 0 Å². The van der Waals surface area contributed by atoms with Crippen LogP contribution in [-0.2, 0) is 10.1 Å². The Bertz CT molecular complexity index is 456. The molecule has 0 aliphatic carbocycles. The van der Waals surface area contributed by atoms with Crippen LogP contribution in [0.25, 0.3) is 0 Å². The average molecular weight is 473 g/mol. The van der Waals surface area contributed by atoms with E-state index in [1.807, 2.05) is 6.92 Å². The predicted molar refractivity (Wildman–Crippen MR) is 123 cm³/mol. The molecule has 0 aliphatic rings. The molecule has 0 heterocycles. The molecule has 0 amide bonds. The van der Waals surface area contributed by atoms with E-state index in [9.17, 15) is 18.1 Å². The van der Waals surface area contributed by atoms with Gasteiger partial charge in [-0.25, -0.2) is 8.42 Å². The van der Waals surface area contributed by atoms with Crippen molar-refractivity contribution in [1.29, 1.82) is 0 Å². The first-order chi connectivity index (χ1) is 13.9. The predicted octanol–water partition coefficient (Wildman–Crippen LogP) is 4.46. The van der Waals surface area contributed by atoms with Crippen LogP contribution >= 0.6 is 0 Å². The van der Waals surface area contributed by atoms with Crippen LogP contribution in [-0.4, -0.2) is 23.0 Å². The van der Waals surface area contributed by atoms with Crippen LogP contribution in [0.4, 0.5) is 0 Å². The van der Waals surface area contributed by atoms with Crippen LogP contribution in [0.5, 0.6) is 0 Å². The molecule has 1 unspecified atom stereocenters. The van der Waals surface area contributed by atoms with Crippen molar-refractivity contribution in [3.8, 4) is 0 Å². The van der Waals surface area contributed by atoms with Crippen molar-refractivity contribution in [2.45, 2.75) is 154 Å². The van der Waals surface area contributed by atoms with Gasteiger partial charge in [-0.15, -0.1) is 0 Å². The molecule has 0 saturated heterocycles. The first kappa shape index (κ1) is 33.7. The van der Waals surface area contributed by atoms with Gasteiger partial charge in [-0.05, 0) is 25.7 Å². The largest absolute Gasteiger partial charge is 1.00 e. The summed E-state index contributed by atoms with van der Waals surface area (Å²) in [5, 5.41) is 10.2. The van der Waals surface area contributed by atoms with Gasteiger partial charge in [-0.1, -0.05) is 123 Å². The molecule has 30 heavy (non-hydrogen) atoms. The van der Waals surface area contributed by atoms with Crippen molar-refractivity contribution in [3.05, 3.63) is 0 Å². The fraction of sp³-hybridized carbons (Fsp3) is 1.00. The molecule has 1 N–H and O–H groups in total. The molecule has 0 aromatic heterocycles. The molecule has 4 nitrogen and oxygen atoms in total. The zero-order valence-electron chi connectivity index (χ0n) is 20.4. The van der Waals surface area contributed by atoms with Crippen molar-refractivity contribution in [3.63, 3.8) is 0 Å². The van der Waals surface area contributed by atoms with E-state index in [1.54, 1.807) is 0 Å². The van der Waals surface area contributed by atoms with Crippen LogP contribution in [0.3, 0.4) is 0 Å². The molecule has 0 aliphatic heterocycles. The number of unbranched alkanes of at least 4 members (excludes halogenated alkanes) is 17. The molecule has 0 rings (SSSR count). The Kier molecular flexibility index (Phi) is 25.0. The Morgan fingerprint density at radius 1 is 0.567 bits per heavy atom. The van der Waals surface area contributed by atoms with E-state index < -0.39 is 15.1 Å². The van der Waals surface area contributed by atoms with Gasteiger partial charge in [0.15, 0.2) is 4.93 Å². The van der Waals surface area contributed by atoms with E-state index in [4.69, 9.17) is 0 Å². The zero-order chi connectivity index (χ0) is 21.8. The van der Waals surface area contributed by atoms with Crippen molar-refractivity contribution >= 4 is 10.1 Å². The van der Waals surface area contributed by atoms with E-state index >= 15 is 0 Å². The van der Waals surface area contributed by atoms with Crippen LogP contribution in [0.1, 0.15) is 149 Å². The van der Waals surface area contributed by atoms with Crippen molar-refractivity contribution in [1.82, 2.24) is 0 Å². The van der Waals surface area contributed by atoms with Gasteiger partial charge in [0.25, 0.3) is 0 Å². The summed E-state index contributed by atoms with van der Waals surface area (Å²) in [6, 6.07) is 0. The third-order valence-electron chi connectivity index (χ3n) is 6.06. The Labute approximate surface area is 230 Å². The number of rotatable bonds is 22. The summed E-state index contributed by atoms with van der Waals surface area (Å²) in [5.74, 6) is 0. The van der Waals surface area contributed by atoms with Crippen LogP contribution in [0, 0.1) is 0 Å². The maximum atomic E-state index is 11.4. The number of aliphatic hydroxyl groups is 1. The zero-order valence-corrected chi connectivity index (χ0v) is 24.4. The van der Waals surface area contributed by atoms with E-state index in [0.29, 0.717) is 12.8 Å². The van der Waals surface area contributed by atoms with Crippen LogP contribution in [0.15, 0.2) is 0 Å². The molecule has 176 valence electrons. The normalized spacial score (nSPS) is 13.7. The van der Waals surface area contributed by atoms with E-state index in [2.05, 4.69) is 6.92 Å². The van der Waals surface area contributed by atoms with Crippen molar-refractivity contribution < 1.29 is 69.5 Å². The Morgan fingerprint density at radius 2 is 0.833 bits per heavy atom. The number of hydrogen-bond donors (Lipinski definition) is 1. The molecule has 1 atom stereocenters. The van der Waals surface area contributed by atoms with Crippen molar-refractivity contribution in [2.75, 3.05) is 0 Å². The number of hydrogen-bond acceptors (Lipinski definition) is 4. The topological polar surface area (TPSA) is 77.4 Å². The smallest absolute Gasteiger partial charge is 0.746 e. The standard InChI is InChI=1S/C24H50O4S.K/c1-3-5-7-8-9-10-11-12-13-14-15-16-17-18-19-20-21-23-24(25,22-6-4-2)29(26,27)28;/h25H,3-23H2,1-2H3,(H,26,27,28);/q;+1/p-1. The average Bonchev–Trinajstić information content (AvgIpc) is 2.68. The molecule has 0 aromatic rings. The van der Waals surface area contributed by atoms with Gasteiger partial charge in [-0.2, -0.15) is 0 Å². The molecular formula is C24H49KO4S. The van der Waals surface area contributed by atoms with Gasteiger partial charge < -0.3 is 9.66 Å². The van der Waals surface area contributed by atoms with Gasteiger partial charge in [0, 0.05) is 0 Å². The molecule has 0 radical (unpaired) electrons. The molecule has 6 heteroatoms. The second-order valence-electron chi connectivity index (χ2n) is 8.91. The fourth-order valence-electron chi connectivity index (χ4n) is 3.95. The van der Waals surface area contributed by atoms with E-state index in [1.165, 1.54) is 83.5 Å². The Morgan fingerprint density at radius 3 is 1.13 bits per heavy atom. The van der Waals surface area contributed by atoms with E-state index in [-0.39, 0.29) is 64.2 Å². The first-order valence-electron chi connectivity index (χ1n) is 12.5. The second kappa shape index (κ2) is 22.3. The van der Waals surface area contributed by atoms with E-state index in [0.717, 1.165) is 25.7 Å². The first-order valence-corrected chi connectivity index (χ1v) is 14.0. The third-order valence-corrected chi connectivity index (χ3v) is 7.40. The minimum atomic E-state index is -4.65. The van der Waals surface area contributed by atoms with Crippen LogP contribution < -0.4 is 51.4 Å². The molecule has 0 fully saturated rings. The fourth-order valence-corrected chi connectivity index (χ4v) is 4.74. The van der Waals surface area contributed by atoms with Gasteiger partial charge in [0.2, 0.25) is 0 Å².